The number of rotatable bonds is 9. The molecule has 0 bridgehead atoms. The Morgan fingerprint density at radius 2 is 2.06 bits per heavy atom. The summed E-state index contributed by atoms with van der Waals surface area (Å²) in [5.74, 6) is 0.529. The first-order valence-electron chi connectivity index (χ1n) is 9.67. The summed E-state index contributed by atoms with van der Waals surface area (Å²) in [5.41, 5.74) is 0.516. The van der Waals surface area contributed by atoms with Gasteiger partial charge in [-0.1, -0.05) is 46.8 Å². The molecule has 1 atom stereocenters. The summed E-state index contributed by atoms with van der Waals surface area (Å²) in [7, 11) is 1.80. The second kappa shape index (κ2) is 10.8. The van der Waals surface area contributed by atoms with E-state index in [0.717, 1.165) is 11.3 Å². The van der Waals surface area contributed by atoms with Crippen molar-refractivity contribution in [2.75, 3.05) is 17.7 Å². The van der Waals surface area contributed by atoms with E-state index in [-0.39, 0.29) is 18.3 Å². The van der Waals surface area contributed by atoms with E-state index in [2.05, 4.69) is 20.5 Å². The van der Waals surface area contributed by atoms with Gasteiger partial charge in [-0.25, -0.2) is 9.78 Å². The maximum Gasteiger partial charge on any atom is 0.350 e. The third kappa shape index (κ3) is 5.78. The van der Waals surface area contributed by atoms with E-state index < -0.39 is 12.1 Å². The van der Waals surface area contributed by atoms with Crippen molar-refractivity contribution in [3.05, 3.63) is 45.7 Å². The summed E-state index contributed by atoms with van der Waals surface area (Å²) < 4.78 is 12.7. The monoisotopic (exact) mass is 495 g/mol. The summed E-state index contributed by atoms with van der Waals surface area (Å²) in [4.78, 5) is 28.8. The second-order valence-corrected chi connectivity index (χ2v) is 8.93. The SMILES string of the molecule is CCOC(=O)c1sc(NC(=O)CSc2nnc(C(C)Oc3ccccc3Cl)n2C)nc1C. The molecule has 9 nitrogen and oxygen atoms in total. The zero-order valence-corrected chi connectivity index (χ0v) is 20.3. The number of halogens is 1. The normalized spacial score (nSPS) is 11.8. The lowest BCUT2D eigenvalue weighted by atomic mass is 10.3. The van der Waals surface area contributed by atoms with Crippen LogP contribution in [-0.4, -0.2) is 44.0 Å². The molecule has 0 aliphatic heterocycles. The lowest BCUT2D eigenvalue weighted by molar-refractivity contribution is -0.113. The molecule has 1 N–H and O–H groups in total. The van der Waals surface area contributed by atoms with Gasteiger partial charge in [0.05, 0.1) is 23.1 Å². The third-order valence-corrected chi connectivity index (χ3v) is 6.59. The Morgan fingerprint density at radius 3 is 2.78 bits per heavy atom. The van der Waals surface area contributed by atoms with Gasteiger partial charge in [-0.15, -0.1) is 10.2 Å². The maximum absolute atomic E-state index is 12.4. The molecule has 0 spiro atoms. The molecule has 3 rings (SSSR count). The fraction of sp³-hybridized carbons (Fsp3) is 0.350. The van der Waals surface area contributed by atoms with Crippen LogP contribution in [0.3, 0.4) is 0 Å². The van der Waals surface area contributed by atoms with Crippen molar-refractivity contribution in [3.8, 4) is 5.75 Å². The number of nitrogens with zero attached hydrogens (tertiary/aromatic N) is 4. The number of nitrogens with one attached hydrogen (secondary N) is 1. The van der Waals surface area contributed by atoms with Gasteiger partial charge in [0.25, 0.3) is 0 Å². The van der Waals surface area contributed by atoms with Crippen LogP contribution in [0.2, 0.25) is 5.02 Å². The van der Waals surface area contributed by atoms with Gasteiger partial charge in [0.1, 0.15) is 10.6 Å². The number of hydrogen-bond acceptors (Lipinski definition) is 9. The molecule has 0 fully saturated rings. The number of amides is 1. The van der Waals surface area contributed by atoms with Crippen LogP contribution in [-0.2, 0) is 16.6 Å². The van der Waals surface area contributed by atoms with Crippen LogP contribution < -0.4 is 10.1 Å². The molecule has 170 valence electrons. The molecule has 1 amide bonds. The van der Waals surface area contributed by atoms with Gasteiger partial charge in [0, 0.05) is 7.05 Å². The van der Waals surface area contributed by atoms with Gasteiger partial charge >= 0.3 is 5.97 Å². The lowest BCUT2D eigenvalue weighted by Crippen LogP contribution is -2.14. The zero-order valence-electron chi connectivity index (χ0n) is 17.9. The van der Waals surface area contributed by atoms with E-state index in [1.807, 2.05) is 19.1 Å². The number of carbonyl (C=O) groups is 2. The lowest BCUT2D eigenvalue weighted by Gasteiger charge is -2.15. The number of anilines is 1. The third-order valence-electron chi connectivity index (χ3n) is 4.21. The molecular weight excluding hydrogens is 474 g/mol. The van der Waals surface area contributed by atoms with Gasteiger partial charge in [-0.3, -0.25) is 4.79 Å². The number of aromatic nitrogens is 4. The van der Waals surface area contributed by atoms with Crippen LogP contribution in [0.1, 0.15) is 41.1 Å². The predicted octanol–water partition coefficient (Wildman–Crippen LogP) is 4.28. The summed E-state index contributed by atoms with van der Waals surface area (Å²) in [6, 6.07) is 7.19. The fourth-order valence-corrected chi connectivity index (χ4v) is 4.49. The fourth-order valence-electron chi connectivity index (χ4n) is 2.71. The van der Waals surface area contributed by atoms with Crippen molar-refractivity contribution in [3.63, 3.8) is 0 Å². The second-order valence-electron chi connectivity index (χ2n) is 6.58. The minimum Gasteiger partial charge on any atom is -0.481 e. The predicted molar refractivity (Wildman–Crippen MR) is 124 cm³/mol. The van der Waals surface area contributed by atoms with Gasteiger partial charge in [0.2, 0.25) is 5.91 Å². The molecule has 0 aliphatic carbocycles. The first-order chi connectivity index (χ1) is 15.3. The van der Waals surface area contributed by atoms with E-state index in [1.165, 1.54) is 11.8 Å². The maximum atomic E-state index is 12.4. The molecule has 0 saturated heterocycles. The molecule has 2 heterocycles. The molecule has 1 aromatic carbocycles. The number of carbonyl (C=O) groups excluding carboxylic acids is 2. The number of para-hydroxylation sites is 1. The Bertz CT molecular complexity index is 1120. The highest BCUT2D eigenvalue weighted by molar-refractivity contribution is 7.99. The number of thioether (sulfide) groups is 1. The topological polar surface area (TPSA) is 108 Å². The summed E-state index contributed by atoms with van der Waals surface area (Å²) >= 11 is 8.46. The van der Waals surface area contributed by atoms with E-state index in [4.69, 9.17) is 21.1 Å². The highest BCUT2D eigenvalue weighted by Gasteiger charge is 2.20. The minimum atomic E-state index is -0.447. The number of esters is 1. The average Bonchev–Trinajstić information content (AvgIpc) is 3.30. The Kier molecular flexibility index (Phi) is 8.10. The van der Waals surface area contributed by atoms with Crippen LogP contribution in [0.25, 0.3) is 0 Å². The highest BCUT2D eigenvalue weighted by Crippen LogP contribution is 2.29. The summed E-state index contributed by atoms with van der Waals surface area (Å²) in [6.07, 6.45) is -0.393. The Hall–Kier alpha value is -2.63. The molecule has 12 heteroatoms. The van der Waals surface area contributed by atoms with Crippen molar-refractivity contribution in [2.24, 2.45) is 7.05 Å². The van der Waals surface area contributed by atoms with Crippen LogP contribution >= 0.6 is 34.7 Å². The average molecular weight is 496 g/mol. The van der Waals surface area contributed by atoms with Crippen molar-refractivity contribution in [1.82, 2.24) is 19.7 Å². The highest BCUT2D eigenvalue weighted by atomic mass is 35.5. The standard InChI is InChI=1S/C20H22ClN5O4S2/c1-5-29-18(28)16-11(2)22-19(32-16)23-15(27)10-31-20-25-24-17(26(20)4)12(3)30-14-9-7-6-8-13(14)21/h6-9,12H,5,10H2,1-4H3,(H,22,23,27). The number of ether oxygens (including phenoxy) is 2. The summed E-state index contributed by atoms with van der Waals surface area (Å²) in [6.45, 7) is 5.55. The zero-order chi connectivity index (χ0) is 23.3. The smallest absolute Gasteiger partial charge is 0.350 e. The molecule has 0 aliphatic rings. The molecule has 0 radical (unpaired) electrons. The molecule has 2 aromatic heterocycles. The van der Waals surface area contributed by atoms with Gasteiger partial charge in [-0.2, -0.15) is 0 Å². The number of thiazole rings is 1. The molecule has 0 saturated carbocycles. The van der Waals surface area contributed by atoms with E-state index in [9.17, 15) is 9.59 Å². The Morgan fingerprint density at radius 1 is 1.31 bits per heavy atom. The van der Waals surface area contributed by atoms with Gasteiger partial charge < -0.3 is 19.4 Å². The van der Waals surface area contributed by atoms with Gasteiger partial charge in [-0.05, 0) is 32.9 Å². The summed E-state index contributed by atoms with van der Waals surface area (Å²) in [5, 5.41) is 12.5. The first-order valence-corrected chi connectivity index (χ1v) is 11.9. The first kappa shape index (κ1) is 24.0. The molecular formula is C20H22ClN5O4S2. The van der Waals surface area contributed by atoms with Crippen molar-refractivity contribution in [1.29, 1.82) is 0 Å². The molecule has 3 aromatic rings. The number of aryl methyl sites for hydroxylation is 1. The van der Waals surface area contributed by atoms with Crippen LogP contribution in [0.4, 0.5) is 5.13 Å². The molecule has 1 unspecified atom stereocenters. The number of hydrogen-bond donors (Lipinski definition) is 1. The van der Waals surface area contributed by atoms with Crippen LogP contribution in [0, 0.1) is 6.92 Å². The van der Waals surface area contributed by atoms with E-state index in [0.29, 0.717) is 37.5 Å². The van der Waals surface area contributed by atoms with Crippen LogP contribution in [0.5, 0.6) is 5.75 Å². The van der Waals surface area contributed by atoms with E-state index >= 15 is 0 Å². The van der Waals surface area contributed by atoms with Crippen molar-refractivity contribution in [2.45, 2.75) is 32.0 Å². The number of benzene rings is 1. The van der Waals surface area contributed by atoms with Crippen LogP contribution in [0.15, 0.2) is 29.4 Å². The Labute approximate surface area is 198 Å². The molecule has 32 heavy (non-hydrogen) atoms. The largest absolute Gasteiger partial charge is 0.481 e. The van der Waals surface area contributed by atoms with E-state index in [1.54, 1.807) is 37.6 Å². The van der Waals surface area contributed by atoms with Crippen molar-refractivity contribution < 1.29 is 19.1 Å². The van der Waals surface area contributed by atoms with Gasteiger partial charge in [0.15, 0.2) is 22.2 Å². The van der Waals surface area contributed by atoms with Crippen molar-refractivity contribution >= 4 is 51.7 Å². The Balaban J connectivity index is 1.58. The quantitative estimate of drug-likeness (QED) is 0.346. The minimum absolute atomic E-state index is 0.0963.